The van der Waals surface area contributed by atoms with Gasteiger partial charge in [0, 0.05) is 11.9 Å². The van der Waals surface area contributed by atoms with Crippen LogP contribution in [0.25, 0.3) is 0 Å². The van der Waals surface area contributed by atoms with Crippen LogP contribution in [0.3, 0.4) is 0 Å². The lowest BCUT2D eigenvalue weighted by atomic mass is 10.2. The van der Waals surface area contributed by atoms with Crippen LogP contribution in [0.1, 0.15) is 23.9 Å². The van der Waals surface area contributed by atoms with Crippen molar-refractivity contribution in [3.05, 3.63) is 45.8 Å². The van der Waals surface area contributed by atoms with Gasteiger partial charge in [-0.2, -0.15) is 0 Å². The monoisotopic (exact) mass is 306 g/mol. The normalized spacial score (nSPS) is 10.4. The third kappa shape index (κ3) is 2.70. The molecule has 0 saturated carbocycles. The van der Waals surface area contributed by atoms with Crippen molar-refractivity contribution in [2.75, 3.05) is 0 Å². The summed E-state index contributed by atoms with van der Waals surface area (Å²) in [5.41, 5.74) is 3.04. The Balaban J connectivity index is 2.37. The molecule has 0 spiro atoms. The smallest absolute Gasteiger partial charge is 0.233 e. The van der Waals surface area contributed by atoms with Crippen molar-refractivity contribution in [2.24, 2.45) is 0 Å². The molecule has 0 aliphatic heterocycles. The highest BCUT2D eigenvalue weighted by atomic mass is 79.9. The fourth-order valence-corrected chi connectivity index (χ4v) is 1.95. The van der Waals surface area contributed by atoms with Gasteiger partial charge in [-0.15, -0.1) is 0 Å². The summed E-state index contributed by atoms with van der Waals surface area (Å²) >= 11 is 3.49. The second kappa shape index (κ2) is 5.48. The largest absolute Gasteiger partial charge is 0.436 e. The van der Waals surface area contributed by atoms with Crippen molar-refractivity contribution < 1.29 is 4.74 Å². The maximum atomic E-state index is 5.85. The number of nitrogens with zero attached hydrogens (tertiary/aromatic N) is 2. The van der Waals surface area contributed by atoms with Gasteiger partial charge < -0.3 is 4.74 Å². The molecule has 2 aromatic rings. The molecule has 0 aliphatic rings. The highest BCUT2D eigenvalue weighted by molar-refractivity contribution is 9.10. The molecule has 0 amide bonds. The average molecular weight is 307 g/mol. The van der Waals surface area contributed by atoms with Gasteiger partial charge in [-0.05, 0) is 60.0 Å². The van der Waals surface area contributed by atoms with E-state index < -0.39 is 0 Å². The number of aryl methyl sites for hydroxylation is 3. The van der Waals surface area contributed by atoms with Crippen LogP contribution < -0.4 is 4.74 Å². The lowest BCUT2D eigenvalue weighted by Crippen LogP contribution is -1.97. The zero-order valence-corrected chi connectivity index (χ0v) is 12.3. The molecule has 94 valence electrons. The molecule has 3 nitrogen and oxygen atoms in total. The molecular formula is C14H15BrN2O. The number of halogens is 1. The average Bonchev–Trinajstić information content (AvgIpc) is 2.37. The fourth-order valence-electron chi connectivity index (χ4n) is 1.63. The first kappa shape index (κ1) is 13.0. The standard InChI is InChI=1S/C14H15BrN2O/c1-4-11-12(6-5-10(3)17-11)18-14-13(15)9(2)7-8-16-14/h5-8H,4H2,1-3H3. The van der Waals surface area contributed by atoms with E-state index in [0.717, 1.165) is 33.6 Å². The van der Waals surface area contributed by atoms with E-state index in [9.17, 15) is 0 Å². The van der Waals surface area contributed by atoms with E-state index in [1.165, 1.54) is 0 Å². The minimum Gasteiger partial charge on any atom is -0.436 e. The Hall–Kier alpha value is -1.42. The lowest BCUT2D eigenvalue weighted by Gasteiger charge is -2.11. The van der Waals surface area contributed by atoms with Gasteiger partial charge in [0.15, 0.2) is 5.75 Å². The second-order valence-electron chi connectivity index (χ2n) is 4.10. The van der Waals surface area contributed by atoms with Crippen LogP contribution >= 0.6 is 15.9 Å². The Morgan fingerprint density at radius 2 is 2.00 bits per heavy atom. The van der Waals surface area contributed by atoms with Crippen molar-refractivity contribution in [1.82, 2.24) is 9.97 Å². The number of aromatic nitrogens is 2. The van der Waals surface area contributed by atoms with Gasteiger partial charge in [-0.3, -0.25) is 4.98 Å². The predicted octanol–water partition coefficient (Wildman–Crippen LogP) is 4.21. The van der Waals surface area contributed by atoms with Crippen molar-refractivity contribution in [3.8, 4) is 11.6 Å². The van der Waals surface area contributed by atoms with Gasteiger partial charge in [0.05, 0.1) is 10.2 Å². The summed E-state index contributed by atoms with van der Waals surface area (Å²) in [7, 11) is 0. The van der Waals surface area contributed by atoms with Crippen LogP contribution in [-0.2, 0) is 6.42 Å². The zero-order valence-electron chi connectivity index (χ0n) is 10.7. The van der Waals surface area contributed by atoms with Crippen molar-refractivity contribution in [2.45, 2.75) is 27.2 Å². The maximum Gasteiger partial charge on any atom is 0.233 e. The lowest BCUT2D eigenvalue weighted by molar-refractivity contribution is 0.450. The van der Waals surface area contributed by atoms with Crippen molar-refractivity contribution in [1.29, 1.82) is 0 Å². The van der Waals surface area contributed by atoms with Crippen LogP contribution in [-0.4, -0.2) is 9.97 Å². The van der Waals surface area contributed by atoms with Crippen LogP contribution in [0.2, 0.25) is 0 Å². The number of ether oxygens (including phenoxy) is 1. The fraction of sp³-hybridized carbons (Fsp3) is 0.286. The molecule has 0 atom stereocenters. The molecule has 0 N–H and O–H groups in total. The Bertz CT molecular complexity index is 570. The van der Waals surface area contributed by atoms with Gasteiger partial charge in [-0.25, -0.2) is 4.98 Å². The van der Waals surface area contributed by atoms with E-state index in [1.54, 1.807) is 6.20 Å². The van der Waals surface area contributed by atoms with E-state index in [-0.39, 0.29) is 0 Å². The molecule has 0 aromatic carbocycles. The van der Waals surface area contributed by atoms with Gasteiger partial charge in [0.2, 0.25) is 5.88 Å². The topological polar surface area (TPSA) is 35.0 Å². The summed E-state index contributed by atoms with van der Waals surface area (Å²) in [6.07, 6.45) is 2.57. The van der Waals surface area contributed by atoms with Crippen LogP contribution in [0, 0.1) is 13.8 Å². The van der Waals surface area contributed by atoms with Gasteiger partial charge in [0.25, 0.3) is 0 Å². The summed E-state index contributed by atoms with van der Waals surface area (Å²) < 4.78 is 6.73. The van der Waals surface area contributed by atoms with E-state index in [1.807, 2.05) is 32.0 Å². The summed E-state index contributed by atoms with van der Waals surface area (Å²) in [6.45, 7) is 6.05. The van der Waals surface area contributed by atoms with E-state index in [2.05, 4.69) is 32.8 Å². The van der Waals surface area contributed by atoms with E-state index >= 15 is 0 Å². The highest BCUT2D eigenvalue weighted by Crippen LogP contribution is 2.31. The molecule has 2 aromatic heterocycles. The Kier molecular flexibility index (Phi) is 3.97. The maximum absolute atomic E-state index is 5.85. The van der Waals surface area contributed by atoms with Gasteiger partial charge in [-0.1, -0.05) is 6.92 Å². The SMILES string of the molecule is CCc1nc(C)ccc1Oc1nccc(C)c1Br. The predicted molar refractivity (Wildman–Crippen MR) is 75.1 cm³/mol. The summed E-state index contributed by atoms with van der Waals surface area (Å²) in [4.78, 5) is 8.71. The van der Waals surface area contributed by atoms with Crippen molar-refractivity contribution in [3.63, 3.8) is 0 Å². The number of rotatable bonds is 3. The third-order valence-electron chi connectivity index (χ3n) is 2.66. The third-order valence-corrected chi connectivity index (χ3v) is 3.63. The van der Waals surface area contributed by atoms with E-state index in [4.69, 9.17) is 4.74 Å². The van der Waals surface area contributed by atoms with Crippen LogP contribution in [0.15, 0.2) is 28.9 Å². The van der Waals surface area contributed by atoms with Gasteiger partial charge >= 0.3 is 0 Å². The number of hydrogen-bond donors (Lipinski definition) is 0. The first-order valence-corrected chi connectivity index (χ1v) is 6.66. The molecular weight excluding hydrogens is 292 g/mol. The Morgan fingerprint density at radius 3 is 2.72 bits per heavy atom. The van der Waals surface area contributed by atoms with Crippen LogP contribution in [0.5, 0.6) is 11.6 Å². The molecule has 2 heterocycles. The molecule has 0 unspecified atom stereocenters. The molecule has 0 fully saturated rings. The molecule has 0 aliphatic carbocycles. The minimum atomic E-state index is 0.579. The molecule has 0 bridgehead atoms. The number of pyridine rings is 2. The second-order valence-corrected chi connectivity index (χ2v) is 4.89. The molecule has 2 rings (SSSR count). The molecule has 0 saturated heterocycles. The highest BCUT2D eigenvalue weighted by Gasteiger charge is 2.10. The first-order valence-electron chi connectivity index (χ1n) is 5.87. The molecule has 4 heteroatoms. The summed E-state index contributed by atoms with van der Waals surface area (Å²) in [6, 6.07) is 5.82. The zero-order chi connectivity index (χ0) is 13.1. The molecule has 0 radical (unpaired) electrons. The summed E-state index contributed by atoms with van der Waals surface area (Å²) in [5, 5.41) is 0. The minimum absolute atomic E-state index is 0.579. The van der Waals surface area contributed by atoms with Crippen molar-refractivity contribution >= 4 is 15.9 Å². The first-order chi connectivity index (χ1) is 8.61. The Labute approximate surface area is 115 Å². The van der Waals surface area contributed by atoms with Gasteiger partial charge in [0.1, 0.15) is 0 Å². The molecule has 18 heavy (non-hydrogen) atoms. The quantitative estimate of drug-likeness (QED) is 0.852. The Morgan fingerprint density at radius 1 is 1.22 bits per heavy atom. The van der Waals surface area contributed by atoms with Crippen LogP contribution in [0.4, 0.5) is 0 Å². The number of hydrogen-bond acceptors (Lipinski definition) is 3. The van der Waals surface area contributed by atoms with E-state index in [0.29, 0.717) is 5.88 Å². The summed E-state index contributed by atoms with van der Waals surface area (Å²) in [5.74, 6) is 1.34.